The zero-order valence-corrected chi connectivity index (χ0v) is 6.42. The Labute approximate surface area is 61.4 Å². The number of aldehydes is 1. The lowest BCUT2D eigenvalue weighted by Gasteiger charge is -2.15. The molecule has 0 spiro atoms. The number of rotatable bonds is 1. The molecule has 1 aliphatic rings. The highest BCUT2D eigenvalue weighted by Crippen LogP contribution is 2.22. The summed E-state index contributed by atoms with van der Waals surface area (Å²) in [5.41, 5.74) is 2.28. The van der Waals surface area contributed by atoms with Gasteiger partial charge in [-0.05, 0) is 24.8 Å². The third-order valence-electron chi connectivity index (χ3n) is 2.03. The van der Waals surface area contributed by atoms with Crippen molar-refractivity contribution >= 4 is 6.29 Å². The highest BCUT2D eigenvalue weighted by atomic mass is 16.1. The molecule has 0 fully saturated rings. The fourth-order valence-electron chi connectivity index (χ4n) is 1.07. The molecule has 0 saturated heterocycles. The Morgan fingerprint density at radius 2 is 2.30 bits per heavy atom. The molecule has 0 amide bonds. The van der Waals surface area contributed by atoms with Crippen molar-refractivity contribution in [3.05, 3.63) is 23.3 Å². The van der Waals surface area contributed by atoms with Gasteiger partial charge in [-0.3, -0.25) is 4.79 Å². The Kier molecular flexibility index (Phi) is 2.05. The van der Waals surface area contributed by atoms with Crippen LogP contribution in [0.1, 0.15) is 20.3 Å². The smallest absolute Gasteiger partial charge is 0.146 e. The van der Waals surface area contributed by atoms with E-state index in [0.717, 1.165) is 18.3 Å². The van der Waals surface area contributed by atoms with Crippen molar-refractivity contribution in [3.8, 4) is 0 Å². The molecule has 1 heteroatoms. The highest BCUT2D eigenvalue weighted by molar-refractivity contribution is 5.74. The van der Waals surface area contributed by atoms with Gasteiger partial charge in [0.2, 0.25) is 0 Å². The molecule has 1 aliphatic carbocycles. The quantitative estimate of drug-likeness (QED) is 0.504. The number of hydrogen-bond acceptors (Lipinski definition) is 1. The summed E-state index contributed by atoms with van der Waals surface area (Å²) >= 11 is 0. The number of allylic oxidation sites excluding steroid dienone is 4. The van der Waals surface area contributed by atoms with E-state index in [-0.39, 0.29) is 0 Å². The summed E-state index contributed by atoms with van der Waals surface area (Å²) in [6, 6.07) is 0. The molecule has 0 aromatic heterocycles. The molecule has 0 aromatic carbocycles. The molecule has 0 saturated carbocycles. The molecule has 0 N–H and O–H groups in total. The van der Waals surface area contributed by atoms with Gasteiger partial charge < -0.3 is 0 Å². The Balaban J connectivity index is 2.78. The van der Waals surface area contributed by atoms with E-state index in [1.807, 2.05) is 12.2 Å². The first kappa shape index (κ1) is 7.26. The van der Waals surface area contributed by atoms with Gasteiger partial charge in [0.05, 0.1) is 0 Å². The van der Waals surface area contributed by atoms with E-state index in [1.165, 1.54) is 5.57 Å². The van der Waals surface area contributed by atoms with Crippen LogP contribution in [0, 0.1) is 5.92 Å². The topological polar surface area (TPSA) is 17.1 Å². The van der Waals surface area contributed by atoms with Crippen molar-refractivity contribution < 1.29 is 4.79 Å². The molecular formula is C9H12O. The molecule has 0 unspecified atom stereocenters. The zero-order valence-electron chi connectivity index (χ0n) is 6.42. The maximum atomic E-state index is 10.3. The minimum absolute atomic E-state index is 0.546. The van der Waals surface area contributed by atoms with Gasteiger partial charge in [0, 0.05) is 0 Å². The van der Waals surface area contributed by atoms with E-state index in [1.54, 1.807) is 0 Å². The van der Waals surface area contributed by atoms with Crippen LogP contribution in [0.4, 0.5) is 0 Å². The molecule has 0 aliphatic heterocycles. The van der Waals surface area contributed by atoms with Crippen molar-refractivity contribution in [2.75, 3.05) is 0 Å². The second-order valence-corrected chi connectivity index (χ2v) is 2.88. The number of carbonyl (C=O) groups is 1. The third-order valence-corrected chi connectivity index (χ3v) is 2.03. The molecule has 0 heterocycles. The molecule has 0 bridgehead atoms. The zero-order chi connectivity index (χ0) is 7.56. The summed E-state index contributed by atoms with van der Waals surface area (Å²) in [7, 11) is 0. The lowest BCUT2D eigenvalue weighted by molar-refractivity contribution is -0.105. The molecule has 54 valence electrons. The molecular weight excluding hydrogens is 124 g/mol. The standard InChI is InChI=1S/C9H12O/c1-7-3-4-9(6-10)5-8(7)2/h3-4,6,8H,5H2,1-2H3/t8-/m0/s1. The minimum Gasteiger partial charge on any atom is -0.298 e. The van der Waals surface area contributed by atoms with E-state index in [9.17, 15) is 4.79 Å². The largest absolute Gasteiger partial charge is 0.298 e. The highest BCUT2D eigenvalue weighted by Gasteiger charge is 2.09. The normalized spacial score (nSPS) is 25.2. The average molecular weight is 136 g/mol. The lowest BCUT2D eigenvalue weighted by atomic mass is 9.90. The maximum Gasteiger partial charge on any atom is 0.146 e. The molecule has 0 radical (unpaired) electrons. The molecule has 10 heavy (non-hydrogen) atoms. The van der Waals surface area contributed by atoms with Gasteiger partial charge in [-0.2, -0.15) is 0 Å². The Morgan fingerprint density at radius 1 is 1.60 bits per heavy atom. The van der Waals surface area contributed by atoms with E-state index in [4.69, 9.17) is 0 Å². The van der Waals surface area contributed by atoms with Crippen LogP contribution in [0.5, 0.6) is 0 Å². The van der Waals surface area contributed by atoms with Crippen LogP contribution in [0.3, 0.4) is 0 Å². The van der Waals surface area contributed by atoms with E-state index >= 15 is 0 Å². The van der Waals surface area contributed by atoms with Crippen molar-refractivity contribution in [3.63, 3.8) is 0 Å². The van der Waals surface area contributed by atoms with Crippen LogP contribution < -0.4 is 0 Å². The van der Waals surface area contributed by atoms with Crippen molar-refractivity contribution in [1.82, 2.24) is 0 Å². The van der Waals surface area contributed by atoms with Crippen LogP contribution >= 0.6 is 0 Å². The van der Waals surface area contributed by atoms with E-state index in [2.05, 4.69) is 13.8 Å². The van der Waals surface area contributed by atoms with Gasteiger partial charge in [-0.25, -0.2) is 0 Å². The predicted octanol–water partition coefficient (Wildman–Crippen LogP) is 2.10. The maximum absolute atomic E-state index is 10.3. The first-order chi connectivity index (χ1) is 4.74. The van der Waals surface area contributed by atoms with Crippen molar-refractivity contribution in [2.24, 2.45) is 5.92 Å². The van der Waals surface area contributed by atoms with Gasteiger partial charge in [-0.15, -0.1) is 0 Å². The van der Waals surface area contributed by atoms with Gasteiger partial charge >= 0.3 is 0 Å². The second-order valence-electron chi connectivity index (χ2n) is 2.88. The monoisotopic (exact) mass is 136 g/mol. The average Bonchev–Trinajstić information content (AvgIpc) is 1.95. The van der Waals surface area contributed by atoms with Crippen LogP contribution in [0.15, 0.2) is 23.3 Å². The van der Waals surface area contributed by atoms with Gasteiger partial charge in [0.1, 0.15) is 6.29 Å². The minimum atomic E-state index is 0.546. The summed E-state index contributed by atoms with van der Waals surface area (Å²) in [6.07, 6.45) is 5.78. The fourth-order valence-corrected chi connectivity index (χ4v) is 1.07. The fraction of sp³-hybridized carbons (Fsp3) is 0.444. The predicted molar refractivity (Wildman–Crippen MR) is 41.7 cm³/mol. The van der Waals surface area contributed by atoms with Crippen LogP contribution in [0.25, 0.3) is 0 Å². The van der Waals surface area contributed by atoms with Crippen LogP contribution in [-0.4, -0.2) is 6.29 Å². The van der Waals surface area contributed by atoms with Crippen molar-refractivity contribution in [2.45, 2.75) is 20.3 Å². The van der Waals surface area contributed by atoms with Gasteiger partial charge in [-0.1, -0.05) is 24.6 Å². The second kappa shape index (κ2) is 2.82. The summed E-state index contributed by atoms with van der Waals surface area (Å²) < 4.78 is 0. The summed E-state index contributed by atoms with van der Waals surface area (Å²) in [5, 5.41) is 0. The van der Waals surface area contributed by atoms with Crippen LogP contribution in [-0.2, 0) is 4.79 Å². The SMILES string of the molecule is CC1=CC=C(C=O)C[C@@H]1C. The van der Waals surface area contributed by atoms with E-state index < -0.39 is 0 Å². The van der Waals surface area contributed by atoms with Gasteiger partial charge in [0.25, 0.3) is 0 Å². The molecule has 1 atom stereocenters. The first-order valence-electron chi connectivity index (χ1n) is 3.56. The molecule has 1 nitrogen and oxygen atoms in total. The first-order valence-corrected chi connectivity index (χ1v) is 3.56. The number of carbonyl (C=O) groups excluding carboxylic acids is 1. The Hall–Kier alpha value is -0.850. The van der Waals surface area contributed by atoms with E-state index in [0.29, 0.717) is 5.92 Å². The Bertz CT molecular complexity index is 199. The summed E-state index contributed by atoms with van der Waals surface area (Å²) in [6.45, 7) is 4.24. The Morgan fingerprint density at radius 3 is 2.80 bits per heavy atom. The van der Waals surface area contributed by atoms with Crippen molar-refractivity contribution in [1.29, 1.82) is 0 Å². The summed E-state index contributed by atoms with van der Waals surface area (Å²) in [4.78, 5) is 10.3. The third kappa shape index (κ3) is 1.35. The van der Waals surface area contributed by atoms with Crippen LogP contribution in [0.2, 0.25) is 0 Å². The van der Waals surface area contributed by atoms with Gasteiger partial charge in [0.15, 0.2) is 0 Å². The molecule has 0 aromatic rings. The lowest BCUT2D eigenvalue weighted by Crippen LogP contribution is -2.03. The molecule has 1 rings (SSSR count). The summed E-state index contributed by atoms with van der Waals surface area (Å²) in [5.74, 6) is 0.546. The number of hydrogen-bond donors (Lipinski definition) is 0.